The molecule has 0 fully saturated rings. The number of hydrogen-bond donors (Lipinski definition) is 0. The molecule has 2 rings (SSSR count). The summed E-state index contributed by atoms with van der Waals surface area (Å²) in [6.07, 6.45) is 7.63. The first kappa shape index (κ1) is 9.14. The van der Waals surface area contributed by atoms with E-state index in [9.17, 15) is 4.39 Å². The summed E-state index contributed by atoms with van der Waals surface area (Å²) in [5.41, 5.74) is 0. The fourth-order valence-electron chi connectivity index (χ4n) is 0.943. The van der Waals surface area contributed by atoms with Gasteiger partial charge in [-0.25, -0.2) is 19.0 Å². The second-order valence-electron chi connectivity index (χ2n) is 2.53. The van der Waals surface area contributed by atoms with Crippen LogP contribution in [0.5, 0.6) is 0 Å². The summed E-state index contributed by atoms with van der Waals surface area (Å²) in [4.78, 5) is 9.03. The molecule has 2 aromatic rings. The van der Waals surface area contributed by atoms with Crippen LogP contribution >= 0.6 is 11.8 Å². The van der Waals surface area contributed by atoms with E-state index in [4.69, 9.17) is 0 Å². The first-order chi connectivity index (χ1) is 6.79. The van der Waals surface area contributed by atoms with E-state index < -0.39 is 5.82 Å². The summed E-state index contributed by atoms with van der Waals surface area (Å²) in [5.74, 6) is -0.0331. The van der Waals surface area contributed by atoms with Gasteiger partial charge in [0, 0.05) is 17.3 Å². The van der Waals surface area contributed by atoms with Crippen LogP contribution in [-0.4, -0.2) is 26.0 Å². The molecule has 0 radical (unpaired) electrons. The maximum atomic E-state index is 12.6. The first-order valence-corrected chi connectivity index (χ1v) is 5.08. The number of aromatic nitrogens is 4. The van der Waals surface area contributed by atoms with E-state index in [0.717, 1.165) is 11.1 Å². The molecule has 0 unspecified atom stereocenters. The Labute approximate surface area is 84.2 Å². The lowest BCUT2D eigenvalue weighted by atomic mass is 10.6. The van der Waals surface area contributed by atoms with Crippen LogP contribution in [-0.2, 0) is 0 Å². The van der Waals surface area contributed by atoms with Crippen molar-refractivity contribution in [1.29, 1.82) is 0 Å². The monoisotopic (exact) mass is 210 g/mol. The molecule has 0 aromatic carbocycles. The number of nitrogens with zero attached hydrogens (tertiary/aromatic N) is 4. The second kappa shape index (κ2) is 3.75. The molecular formula is C8H7FN4S. The quantitative estimate of drug-likeness (QED) is 0.705. The average molecular weight is 210 g/mol. The Hall–Kier alpha value is -1.43. The third-order valence-electron chi connectivity index (χ3n) is 1.61. The van der Waals surface area contributed by atoms with Crippen molar-refractivity contribution < 1.29 is 4.39 Å². The van der Waals surface area contributed by atoms with Gasteiger partial charge in [0.15, 0.2) is 5.82 Å². The molecule has 0 atom stereocenters. The van der Waals surface area contributed by atoms with E-state index in [1.165, 1.54) is 10.9 Å². The maximum Gasteiger partial charge on any atom is 0.250 e. The Balaban J connectivity index is 2.33. The highest BCUT2D eigenvalue weighted by atomic mass is 32.2. The third-order valence-corrected chi connectivity index (χ3v) is 2.29. The number of rotatable bonds is 2. The van der Waals surface area contributed by atoms with Crippen molar-refractivity contribution in [3.05, 3.63) is 30.6 Å². The molecule has 0 aliphatic heterocycles. The van der Waals surface area contributed by atoms with Crippen LogP contribution in [0.3, 0.4) is 0 Å². The largest absolute Gasteiger partial charge is 0.250 e. The lowest BCUT2D eigenvalue weighted by Gasteiger charge is -1.98. The molecule has 4 nitrogen and oxygen atoms in total. The number of hydrogen-bond acceptors (Lipinski definition) is 4. The molecule has 0 N–H and O–H groups in total. The zero-order valence-electron chi connectivity index (χ0n) is 7.38. The fraction of sp³-hybridized carbons (Fsp3) is 0.125. The highest BCUT2D eigenvalue weighted by molar-refractivity contribution is 7.98. The van der Waals surface area contributed by atoms with Crippen molar-refractivity contribution in [2.75, 3.05) is 6.26 Å². The van der Waals surface area contributed by atoms with Crippen LogP contribution in [0.2, 0.25) is 0 Å². The van der Waals surface area contributed by atoms with E-state index >= 15 is 0 Å². The van der Waals surface area contributed by atoms with E-state index in [1.807, 2.05) is 6.26 Å². The van der Waals surface area contributed by atoms with Gasteiger partial charge in [-0.1, -0.05) is 0 Å². The highest BCUT2D eigenvalue weighted by Crippen LogP contribution is 2.11. The lowest BCUT2D eigenvalue weighted by Crippen LogP contribution is -2.00. The maximum absolute atomic E-state index is 12.6. The molecule has 6 heteroatoms. The van der Waals surface area contributed by atoms with Gasteiger partial charge in [-0.3, -0.25) is 0 Å². The van der Waals surface area contributed by atoms with Crippen LogP contribution in [0.1, 0.15) is 0 Å². The first-order valence-electron chi connectivity index (χ1n) is 3.86. The van der Waals surface area contributed by atoms with Crippen LogP contribution in [0.15, 0.2) is 29.7 Å². The zero-order chi connectivity index (χ0) is 9.97. The molecule has 0 spiro atoms. The van der Waals surface area contributed by atoms with Gasteiger partial charge in [-0.05, 0) is 6.26 Å². The predicted octanol–water partition coefficient (Wildman–Crippen LogP) is 1.52. The number of halogens is 1. The standard InChI is InChI=1S/C8H7FN4S/c1-14-7-3-10-8(11-4-7)13-5-6(9)2-12-13/h2-5H,1H3. The van der Waals surface area contributed by atoms with E-state index in [-0.39, 0.29) is 0 Å². The summed E-state index contributed by atoms with van der Waals surface area (Å²) < 4.78 is 13.9. The number of thioether (sulfide) groups is 1. The molecule has 0 aliphatic rings. The third kappa shape index (κ3) is 1.74. The van der Waals surface area contributed by atoms with Crippen LogP contribution in [0.25, 0.3) is 5.95 Å². The van der Waals surface area contributed by atoms with Crippen molar-refractivity contribution in [2.24, 2.45) is 0 Å². The molecule has 14 heavy (non-hydrogen) atoms. The average Bonchev–Trinajstić information content (AvgIpc) is 2.65. The molecule has 0 amide bonds. The van der Waals surface area contributed by atoms with Crippen LogP contribution in [0, 0.1) is 5.82 Å². The second-order valence-corrected chi connectivity index (χ2v) is 3.41. The molecule has 0 saturated carbocycles. The van der Waals surface area contributed by atoms with Crippen molar-refractivity contribution >= 4 is 11.8 Å². The molecule has 0 bridgehead atoms. The minimum Gasteiger partial charge on any atom is -0.218 e. The van der Waals surface area contributed by atoms with Crippen molar-refractivity contribution in [1.82, 2.24) is 19.7 Å². The summed E-state index contributed by atoms with van der Waals surface area (Å²) in [6, 6.07) is 0. The fourth-order valence-corrected chi connectivity index (χ4v) is 1.26. The van der Waals surface area contributed by atoms with Gasteiger partial charge >= 0.3 is 0 Å². The molecule has 2 heterocycles. The van der Waals surface area contributed by atoms with Gasteiger partial charge in [-0.2, -0.15) is 5.10 Å². The predicted molar refractivity (Wildman–Crippen MR) is 50.9 cm³/mol. The molecule has 72 valence electrons. The van der Waals surface area contributed by atoms with Crippen LogP contribution < -0.4 is 0 Å². The van der Waals surface area contributed by atoms with Gasteiger partial charge in [0.2, 0.25) is 0 Å². The Morgan fingerprint density at radius 1 is 1.29 bits per heavy atom. The summed E-state index contributed by atoms with van der Waals surface area (Å²) in [5, 5.41) is 3.75. The summed E-state index contributed by atoms with van der Waals surface area (Å²) in [7, 11) is 0. The lowest BCUT2D eigenvalue weighted by molar-refractivity contribution is 0.626. The zero-order valence-corrected chi connectivity index (χ0v) is 8.20. The van der Waals surface area contributed by atoms with Gasteiger partial charge < -0.3 is 0 Å². The van der Waals surface area contributed by atoms with Gasteiger partial charge in [0.25, 0.3) is 5.95 Å². The van der Waals surface area contributed by atoms with Crippen molar-refractivity contribution in [3.63, 3.8) is 0 Å². The Morgan fingerprint density at radius 2 is 2.00 bits per heavy atom. The smallest absolute Gasteiger partial charge is 0.218 e. The highest BCUT2D eigenvalue weighted by Gasteiger charge is 2.02. The van der Waals surface area contributed by atoms with E-state index in [2.05, 4.69) is 15.1 Å². The molecule has 0 aliphatic carbocycles. The van der Waals surface area contributed by atoms with Crippen molar-refractivity contribution in [2.45, 2.75) is 4.90 Å². The minimum atomic E-state index is -0.400. The Bertz CT molecular complexity index is 425. The van der Waals surface area contributed by atoms with E-state index in [1.54, 1.807) is 24.2 Å². The Kier molecular flexibility index (Phi) is 2.45. The Morgan fingerprint density at radius 3 is 2.50 bits per heavy atom. The SMILES string of the molecule is CSc1cnc(-n2cc(F)cn2)nc1. The van der Waals surface area contributed by atoms with Gasteiger partial charge in [-0.15, -0.1) is 11.8 Å². The van der Waals surface area contributed by atoms with E-state index in [0.29, 0.717) is 5.95 Å². The topological polar surface area (TPSA) is 43.6 Å². The summed E-state index contributed by atoms with van der Waals surface area (Å²) in [6.45, 7) is 0. The molecule has 0 saturated heterocycles. The van der Waals surface area contributed by atoms with Crippen LogP contribution in [0.4, 0.5) is 4.39 Å². The molecular weight excluding hydrogens is 203 g/mol. The summed E-state index contributed by atoms with van der Waals surface area (Å²) >= 11 is 1.55. The normalized spacial score (nSPS) is 10.4. The van der Waals surface area contributed by atoms with Gasteiger partial charge in [0.1, 0.15) is 0 Å². The molecule has 2 aromatic heterocycles. The van der Waals surface area contributed by atoms with Crippen molar-refractivity contribution in [3.8, 4) is 5.95 Å². The van der Waals surface area contributed by atoms with Gasteiger partial charge in [0.05, 0.1) is 12.4 Å². The minimum absolute atomic E-state index is 0.367.